The zero-order valence-electron chi connectivity index (χ0n) is 19.2. The molecule has 0 bridgehead atoms. The molecule has 1 unspecified atom stereocenters. The van der Waals surface area contributed by atoms with Crippen molar-refractivity contribution in [1.29, 1.82) is 0 Å². The topological polar surface area (TPSA) is 89.0 Å². The average molecular weight is 569 g/mol. The molecule has 2 aromatic rings. The Kier molecular flexibility index (Phi) is 10.6. The Labute approximate surface area is 207 Å². The molecule has 0 saturated heterocycles. The maximum absolute atomic E-state index is 13.1. The summed E-state index contributed by atoms with van der Waals surface area (Å²) in [5, 5.41) is 6.72. The minimum absolute atomic E-state index is 0.190. The van der Waals surface area contributed by atoms with E-state index in [4.69, 9.17) is 9.47 Å². The van der Waals surface area contributed by atoms with E-state index in [2.05, 4.69) is 38.4 Å². The second-order valence-corrected chi connectivity index (χ2v) is 8.71. The van der Waals surface area contributed by atoms with Crippen molar-refractivity contribution >= 4 is 40.6 Å². The molecule has 7 nitrogen and oxygen atoms in total. The first kappa shape index (κ1) is 26.6. The molecule has 9 heteroatoms. The molecule has 33 heavy (non-hydrogen) atoms. The minimum Gasteiger partial charge on any atom is -0.490 e. The van der Waals surface area contributed by atoms with E-state index in [0.29, 0.717) is 24.7 Å². The highest BCUT2D eigenvalue weighted by molar-refractivity contribution is 14.1. The van der Waals surface area contributed by atoms with E-state index in [9.17, 15) is 14.0 Å². The Morgan fingerprint density at radius 2 is 1.85 bits per heavy atom. The van der Waals surface area contributed by atoms with Crippen LogP contribution < -0.4 is 20.2 Å². The Morgan fingerprint density at radius 1 is 1.15 bits per heavy atom. The maximum atomic E-state index is 13.1. The molecule has 0 aliphatic rings. The number of halogens is 2. The molecule has 0 saturated carbocycles. The van der Waals surface area contributed by atoms with Gasteiger partial charge in [-0.2, -0.15) is 5.10 Å². The standard InChI is InChI=1S/C24H29FIN3O4/c1-5-11-33-22-19(26)12-16(13-20(22)32-6-2)14-27-29-24(31)21(15(3)4)28-23(30)17-7-9-18(25)10-8-17/h7-10,12-15,21H,5-6,11H2,1-4H3,(H,28,30)(H,29,31). The normalized spacial score (nSPS) is 12.0. The second kappa shape index (κ2) is 13.1. The summed E-state index contributed by atoms with van der Waals surface area (Å²) in [6, 6.07) is 7.97. The van der Waals surface area contributed by atoms with Gasteiger partial charge in [-0.1, -0.05) is 20.8 Å². The largest absolute Gasteiger partial charge is 0.490 e. The van der Waals surface area contributed by atoms with Crippen molar-refractivity contribution in [2.24, 2.45) is 11.0 Å². The summed E-state index contributed by atoms with van der Waals surface area (Å²) in [5.74, 6) is -0.261. The van der Waals surface area contributed by atoms with Crippen molar-refractivity contribution in [1.82, 2.24) is 10.7 Å². The first-order valence-electron chi connectivity index (χ1n) is 10.7. The summed E-state index contributed by atoms with van der Waals surface area (Å²) in [6.45, 7) is 8.61. The van der Waals surface area contributed by atoms with Gasteiger partial charge in [-0.3, -0.25) is 9.59 Å². The van der Waals surface area contributed by atoms with Gasteiger partial charge in [-0.15, -0.1) is 0 Å². The van der Waals surface area contributed by atoms with Crippen molar-refractivity contribution < 1.29 is 23.5 Å². The van der Waals surface area contributed by atoms with E-state index in [0.717, 1.165) is 15.6 Å². The molecule has 0 fully saturated rings. The lowest BCUT2D eigenvalue weighted by Crippen LogP contribution is -2.48. The summed E-state index contributed by atoms with van der Waals surface area (Å²) in [6.07, 6.45) is 2.39. The van der Waals surface area contributed by atoms with E-state index >= 15 is 0 Å². The zero-order valence-corrected chi connectivity index (χ0v) is 21.3. The van der Waals surface area contributed by atoms with E-state index in [-0.39, 0.29) is 11.5 Å². The van der Waals surface area contributed by atoms with E-state index in [1.165, 1.54) is 30.5 Å². The monoisotopic (exact) mass is 569 g/mol. The Hall–Kier alpha value is -2.69. The van der Waals surface area contributed by atoms with Gasteiger partial charge >= 0.3 is 0 Å². The van der Waals surface area contributed by atoms with Gasteiger partial charge < -0.3 is 14.8 Å². The van der Waals surface area contributed by atoms with Crippen LogP contribution in [0, 0.1) is 15.3 Å². The number of benzene rings is 2. The molecule has 0 aliphatic carbocycles. The molecule has 2 N–H and O–H groups in total. The molecule has 0 radical (unpaired) electrons. The lowest BCUT2D eigenvalue weighted by atomic mass is 10.0. The van der Waals surface area contributed by atoms with Gasteiger partial charge in [0.25, 0.3) is 11.8 Å². The molecule has 2 rings (SSSR count). The number of carbonyl (C=O) groups is 2. The number of nitrogens with one attached hydrogen (secondary N) is 2. The van der Waals surface area contributed by atoms with Crippen LogP contribution in [0.4, 0.5) is 4.39 Å². The predicted molar refractivity (Wildman–Crippen MR) is 134 cm³/mol. The van der Waals surface area contributed by atoms with Crippen LogP contribution in [-0.4, -0.2) is 37.3 Å². The minimum atomic E-state index is -0.816. The number of nitrogens with zero attached hydrogens (tertiary/aromatic N) is 1. The summed E-state index contributed by atoms with van der Waals surface area (Å²) in [5.41, 5.74) is 3.47. The van der Waals surface area contributed by atoms with Gasteiger partial charge in [0, 0.05) is 5.56 Å². The van der Waals surface area contributed by atoms with E-state index in [1.54, 1.807) is 6.07 Å². The molecule has 0 spiro atoms. The molecule has 2 aromatic carbocycles. The van der Waals surface area contributed by atoms with Crippen molar-refractivity contribution in [3.05, 3.63) is 56.9 Å². The van der Waals surface area contributed by atoms with Crippen LogP contribution in [0.15, 0.2) is 41.5 Å². The number of hydrogen-bond donors (Lipinski definition) is 2. The SMILES string of the molecule is CCCOc1c(I)cc(C=NNC(=O)C(NC(=O)c2ccc(F)cc2)C(C)C)cc1OCC. The van der Waals surface area contributed by atoms with Crippen molar-refractivity contribution in [2.75, 3.05) is 13.2 Å². The first-order valence-corrected chi connectivity index (χ1v) is 11.8. The second-order valence-electron chi connectivity index (χ2n) is 7.55. The molecule has 1 atom stereocenters. The third-order valence-corrected chi connectivity index (χ3v) is 5.31. The number of amides is 2. The van der Waals surface area contributed by atoms with Gasteiger partial charge in [0.2, 0.25) is 0 Å². The number of hydrogen-bond acceptors (Lipinski definition) is 5. The first-order chi connectivity index (χ1) is 15.8. The van der Waals surface area contributed by atoms with Crippen molar-refractivity contribution in [3.63, 3.8) is 0 Å². The summed E-state index contributed by atoms with van der Waals surface area (Å²) < 4.78 is 25.5. The summed E-state index contributed by atoms with van der Waals surface area (Å²) in [7, 11) is 0. The molecule has 2 amide bonds. The third-order valence-electron chi connectivity index (χ3n) is 4.51. The smallest absolute Gasteiger partial charge is 0.262 e. The number of carbonyl (C=O) groups excluding carboxylic acids is 2. The van der Waals surface area contributed by atoms with Crippen molar-refractivity contribution in [3.8, 4) is 11.5 Å². The van der Waals surface area contributed by atoms with Crippen LogP contribution in [0.25, 0.3) is 0 Å². The summed E-state index contributed by atoms with van der Waals surface area (Å²) in [4.78, 5) is 25.1. The highest BCUT2D eigenvalue weighted by Crippen LogP contribution is 2.34. The predicted octanol–water partition coefficient (Wildman–Crippen LogP) is 4.52. The maximum Gasteiger partial charge on any atom is 0.262 e. The number of hydrazone groups is 1. The average Bonchev–Trinajstić information content (AvgIpc) is 2.77. The van der Waals surface area contributed by atoms with Gasteiger partial charge in [0.1, 0.15) is 11.9 Å². The Bertz CT molecular complexity index is 980. The zero-order chi connectivity index (χ0) is 24.4. The van der Waals surface area contributed by atoms with Crippen LogP contribution >= 0.6 is 22.6 Å². The van der Waals surface area contributed by atoms with Crippen LogP contribution in [0.5, 0.6) is 11.5 Å². The Morgan fingerprint density at radius 3 is 2.45 bits per heavy atom. The Balaban J connectivity index is 2.09. The van der Waals surface area contributed by atoms with Gasteiger partial charge in [-0.25, -0.2) is 9.82 Å². The fourth-order valence-corrected chi connectivity index (χ4v) is 3.65. The highest BCUT2D eigenvalue weighted by Gasteiger charge is 2.24. The van der Waals surface area contributed by atoms with Crippen LogP contribution in [0.3, 0.4) is 0 Å². The number of ether oxygens (including phenoxy) is 2. The highest BCUT2D eigenvalue weighted by atomic mass is 127. The van der Waals surface area contributed by atoms with Gasteiger partial charge in [0.15, 0.2) is 11.5 Å². The van der Waals surface area contributed by atoms with Crippen LogP contribution in [-0.2, 0) is 4.79 Å². The number of rotatable bonds is 11. The molecular weight excluding hydrogens is 540 g/mol. The summed E-state index contributed by atoms with van der Waals surface area (Å²) >= 11 is 2.17. The molecule has 0 heterocycles. The molecule has 0 aliphatic heterocycles. The molecular formula is C24H29FIN3O4. The molecule has 178 valence electrons. The third kappa shape index (κ3) is 7.99. The fraction of sp³-hybridized carbons (Fsp3) is 0.375. The lowest BCUT2D eigenvalue weighted by molar-refractivity contribution is -0.123. The van der Waals surface area contributed by atoms with Gasteiger partial charge in [0.05, 0.1) is 23.0 Å². The van der Waals surface area contributed by atoms with Crippen LogP contribution in [0.1, 0.15) is 50.0 Å². The van der Waals surface area contributed by atoms with Gasteiger partial charge in [-0.05, 0) is 83.8 Å². The molecule has 0 aromatic heterocycles. The quantitative estimate of drug-likeness (QED) is 0.237. The van der Waals surface area contributed by atoms with E-state index < -0.39 is 23.7 Å². The van der Waals surface area contributed by atoms with Crippen molar-refractivity contribution in [2.45, 2.75) is 40.2 Å². The van der Waals surface area contributed by atoms with Crippen LogP contribution in [0.2, 0.25) is 0 Å². The van der Waals surface area contributed by atoms with E-state index in [1.807, 2.05) is 33.8 Å². The fourth-order valence-electron chi connectivity index (χ4n) is 2.87. The lowest BCUT2D eigenvalue weighted by Gasteiger charge is -2.20.